The Kier molecular flexibility index (Phi) is 7.89. The van der Waals surface area contributed by atoms with Crippen LogP contribution in [0.5, 0.6) is 5.75 Å². The summed E-state index contributed by atoms with van der Waals surface area (Å²) in [6.45, 7) is 6.65. The molecule has 0 amide bonds. The molecule has 4 rings (SSSR count). The Balaban J connectivity index is 1.18. The normalized spacial score (nSPS) is 22.9. The molecule has 1 aromatic heterocycles. The van der Waals surface area contributed by atoms with Crippen LogP contribution in [0.25, 0.3) is 0 Å². The monoisotopic (exact) mass is 495 g/mol. The summed E-state index contributed by atoms with van der Waals surface area (Å²) in [4.78, 5) is 6.74. The van der Waals surface area contributed by atoms with Gasteiger partial charge in [-0.25, -0.2) is 12.8 Å². The van der Waals surface area contributed by atoms with Crippen LogP contribution in [0, 0.1) is 5.82 Å². The van der Waals surface area contributed by atoms with E-state index < -0.39 is 15.7 Å². The predicted molar refractivity (Wildman–Crippen MR) is 124 cm³/mol. The lowest BCUT2D eigenvalue weighted by Crippen LogP contribution is -2.39. The largest absolute Gasteiger partial charge is 0.487 e. The minimum Gasteiger partial charge on any atom is -0.487 e. The van der Waals surface area contributed by atoms with E-state index in [1.165, 1.54) is 12.1 Å². The van der Waals surface area contributed by atoms with E-state index in [0.29, 0.717) is 12.4 Å². The van der Waals surface area contributed by atoms with Crippen LogP contribution >= 0.6 is 0 Å². The summed E-state index contributed by atoms with van der Waals surface area (Å²) in [5.74, 6) is 1.14. The molecule has 1 aliphatic heterocycles. The molecule has 0 unspecified atom stereocenters. The average Bonchev–Trinajstić information content (AvgIpc) is 3.26. The van der Waals surface area contributed by atoms with Crippen LogP contribution in [0.1, 0.15) is 70.0 Å². The lowest BCUT2D eigenvalue weighted by Gasteiger charge is -2.35. The van der Waals surface area contributed by atoms with Crippen LogP contribution in [0.15, 0.2) is 27.6 Å². The van der Waals surface area contributed by atoms with Gasteiger partial charge in [-0.3, -0.25) is 4.90 Å². The summed E-state index contributed by atoms with van der Waals surface area (Å²) < 4.78 is 55.0. The fourth-order valence-electron chi connectivity index (χ4n) is 4.51. The fourth-order valence-corrected chi connectivity index (χ4v) is 5.14. The van der Waals surface area contributed by atoms with Crippen LogP contribution in [-0.2, 0) is 21.1 Å². The molecule has 10 heteroatoms. The zero-order chi connectivity index (χ0) is 24.3. The number of hydrogen-bond acceptors (Lipinski definition) is 8. The third-order valence-electron chi connectivity index (χ3n) is 6.52. The Hall–Kier alpha value is -2.04. The first kappa shape index (κ1) is 25.1. The Bertz CT molecular complexity index is 1060. The number of benzene rings is 1. The third kappa shape index (κ3) is 6.55. The van der Waals surface area contributed by atoms with Gasteiger partial charge in [-0.2, -0.15) is 4.98 Å². The van der Waals surface area contributed by atoms with E-state index in [1.54, 1.807) is 0 Å². The van der Waals surface area contributed by atoms with Crippen LogP contribution in [0.4, 0.5) is 4.39 Å². The number of likely N-dealkylation sites (tertiary alicyclic amines) is 1. The van der Waals surface area contributed by atoms with Crippen LogP contribution in [0.3, 0.4) is 0 Å². The van der Waals surface area contributed by atoms with Gasteiger partial charge in [-0.05, 0) is 56.7 Å². The minimum atomic E-state index is -3.44. The second kappa shape index (κ2) is 10.7. The Labute approximate surface area is 200 Å². The second-order valence-electron chi connectivity index (χ2n) is 9.69. The van der Waals surface area contributed by atoms with Gasteiger partial charge in [0.05, 0.1) is 29.8 Å². The van der Waals surface area contributed by atoms with Crippen LogP contribution < -0.4 is 4.74 Å². The van der Waals surface area contributed by atoms with Crippen molar-refractivity contribution in [2.75, 3.05) is 19.3 Å². The Morgan fingerprint density at radius 3 is 2.32 bits per heavy atom. The van der Waals surface area contributed by atoms with Crippen molar-refractivity contribution in [2.24, 2.45) is 0 Å². The zero-order valence-electron chi connectivity index (χ0n) is 20.1. The molecule has 2 aromatic rings. The molecule has 188 valence electrons. The van der Waals surface area contributed by atoms with Gasteiger partial charge in [0, 0.05) is 25.3 Å². The number of halogens is 1. The van der Waals surface area contributed by atoms with Crippen molar-refractivity contribution in [1.29, 1.82) is 0 Å². The van der Waals surface area contributed by atoms with E-state index in [4.69, 9.17) is 14.0 Å². The molecular formula is C24H34FN3O5S. The summed E-state index contributed by atoms with van der Waals surface area (Å²) in [6, 6.07) is 3.81. The van der Waals surface area contributed by atoms with E-state index in [1.807, 2.05) is 13.8 Å². The maximum Gasteiger partial charge on any atom is 0.240 e. The second-order valence-corrected chi connectivity index (χ2v) is 11.7. The van der Waals surface area contributed by atoms with E-state index in [2.05, 4.69) is 15.0 Å². The maximum atomic E-state index is 14.3. The van der Waals surface area contributed by atoms with Gasteiger partial charge in [0.25, 0.3) is 0 Å². The molecule has 1 saturated heterocycles. The highest BCUT2D eigenvalue weighted by atomic mass is 32.2. The van der Waals surface area contributed by atoms with E-state index in [0.717, 1.165) is 69.8 Å². The van der Waals surface area contributed by atoms with Crippen molar-refractivity contribution in [3.05, 3.63) is 35.7 Å². The molecule has 0 spiro atoms. The van der Waals surface area contributed by atoms with E-state index in [9.17, 15) is 12.8 Å². The van der Waals surface area contributed by atoms with Crippen molar-refractivity contribution in [2.45, 2.75) is 88.0 Å². The Morgan fingerprint density at radius 1 is 1.09 bits per heavy atom. The predicted octanol–water partition coefficient (Wildman–Crippen LogP) is 4.11. The quantitative estimate of drug-likeness (QED) is 0.540. The molecule has 0 atom stereocenters. The van der Waals surface area contributed by atoms with Crippen molar-refractivity contribution >= 4 is 9.84 Å². The van der Waals surface area contributed by atoms with E-state index in [-0.39, 0.29) is 34.9 Å². The van der Waals surface area contributed by atoms with Crippen molar-refractivity contribution in [3.8, 4) is 5.75 Å². The van der Waals surface area contributed by atoms with Gasteiger partial charge >= 0.3 is 0 Å². The smallest absolute Gasteiger partial charge is 0.240 e. The summed E-state index contributed by atoms with van der Waals surface area (Å²) in [7, 11) is -3.44. The maximum absolute atomic E-state index is 14.3. The molecule has 2 heterocycles. The van der Waals surface area contributed by atoms with E-state index >= 15 is 0 Å². The standard InChI is InChI=1S/C24H34FN3O5S/c1-16(2)24-26-23(33-27-24)15-28-12-10-19(11-13-28)31-17-4-6-18(7-5-17)32-22-9-8-20(14-21(22)25)34(3,29)30/h8-9,14,16-19H,4-7,10-13,15H2,1-3H3/t17-,18-. The number of rotatable bonds is 8. The number of sulfone groups is 1. The van der Waals surface area contributed by atoms with Gasteiger partial charge in [-0.1, -0.05) is 19.0 Å². The first-order chi connectivity index (χ1) is 16.2. The Morgan fingerprint density at radius 2 is 1.74 bits per heavy atom. The number of aromatic nitrogens is 2. The molecule has 0 radical (unpaired) electrons. The first-order valence-electron chi connectivity index (χ1n) is 12.0. The summed E-state index contributed by atoms with van der Waals surface area (Å²) in [6.07, 6.45) is 6.65. The topological polar surface area (TPSA) is 94.8 Å². The molecule has 2 fully saturated rings. The first-order valence-corrected chi connectivity index (χ1v) is 13.9. The summed E-state index contributed by atoms with van der Waals surface area (Å²) >= 11 is 0. The van der Waals surface area contributed by atoms with Gasteiger partial charge < -0.3 is 14.0 Å². The van der Waals surface area contributed by atoms with Crippen molar-refractivity contribution < 1.29 is 26.8 Å². The lowest BCUT2D eigenvalue weighted by atomic mass is 9.94. The van der Waals surface area contributed by atoms with Crippen molar-refractivity contribution in [1.82, 2.24) is 15.0 Å². The molecule has 0 bridgehead atoms. The fraction of sp³-hybridized carbons (Fsp3) is 0.667. The average molecular weight is 496 g/mol. The highest BCUT2D eigenvalue weighted by Gasteiger charge is 2.28. The molecule has 1 aromatic carbocycles. The molecular weight excluding hydrogens is 461 g/mol. The minimum absolute atomic E-state index is 0.0436. The van der Waals surface area contributed by atoms with Gasteiger partial charge in [0.1, 0.15) is 0 Å². The molecule has 0 N–H and O–H groups in total. The highest BCUT2D eigenvalue weighted by Crippen LogP contribution is 2.30. The highest BCUT2D eigenvalue weighted by molar-refractivity contribution is 7.90. The third-order valence-corrected chi connectivity index (χ3v) is 7.64. The number of hydrogen-bond donors (Lipinski definition) is 0. The molecule has 2 aliphatic rings. The number of piperidine rings is 1. The molecule has 34 heavy (non-hydrogen) atoms. The molecule has 1 aliphatic carbocycles. The lowest BCUT2D eigenvalue weighted by molar-refractivity contribution is -0.0678. The van der Waals surface area contributed by atoms with Crippen molar-refractivity contribution in [3.63, 3.8) is 0 Å². The summed E-state index contributed by atoms with van der Waals surface area (Å²) in [5, 5.41) is 4.03. The van der Waals surface area contributed by atoms with Gasteiger partial charge in [0.2, 0.25) is 5.89 Å². The van der Waals surface area contributed by atoms with Crippen LogP contribution in [0.2, 0.25) is 0 Å². The SMILES string of the molecule is CC(C)c1noc(CN2CCC(O[C@H]3CC[C@H](Oc4ccc(S(C)(=O)=O)cc4F)CC3)CC2)n1. The molecule has 8 nitrogen and oxygen atoms in total. The van der Waals surface area contributed by atoms with Gasteiger partial charge in [-0.15, -0.1) is 0 Å². The zero-order valence-corrected chi connectivity index (χ0v) is 20.9. The number of ether oxygens (including phenoxy) is 2. The van der Waals surface area contributed by atoms with Gasteiger partial charge in [0.15, 0.2) is 27.2 Å². The molecule has 1 saturated carbocycles. The van der Waals surface area contributed by atoms with Crippen LogP contribution in [-0.4, -0.2) is 61.1 Å². The summed E-state index contributed by atoms with van der Waals surface area (Å²) in [5.41, 5.74) is 0. The number of nitrogens with zero attached hydrogens (tertiary/aromatic N) is 3.